The van der Waals surface area contributed by atoms with Crippen LogP contribution in [0, 0.1) is 13.8 Å². The first kappa shape index (κ1) is 17.5. The first-order chi connectivity index (χ1) is 12.1. The first-order valence-electron chi connectivity index (χ1n) is 8.79. The normalized spacial score (nSPS) is 14.4. The van der Waals surface area contributed by atoms with Gasteiger partial charge in [-0.3, -0.25) is 4.79 Å². The number of nitrogens with zero attached hydrogens (tertiary/aromatic N) is 2. The molecule has 0 N–H and O–H groups in total. The van der Waals surface area contributed by atoms with Crippen molar-refractivity contribution >= 4 is 11.6 Å². The number of aryl methyl sites for hydroxylation is 2. The molecule has 0 radical (unpaired) electrons. The maximum absolute atomic E-state index is 12.9. The molecule has 0 spiro atoms. The maximum atomic E-state index is 12.9. The van der Waals surface area contributed by atoms with Gasteiger partial charge in [-0.05, 0) is 37.1 Å². The third-order valence-corrected chi connectivity index (χ3v) is 4.72. The van der Waals surface area contributed by atoms with Gasteiger partial charge in [0, 0.05) is 37.9 Å². The summed E-state index contributed by atoms with van der Waals surface area (Å²) in [6, 6.07) is 14.4. The topological polar surface area (TPSA) is 32.8 Å². The molecule has 2 aromatic rings. The molecule has 1 saturated heterocycles. The standard InChI is InChI=1S/C21H26N2O2/c1-16-8-9-17(2)19(14-16)21(24)22(3)15-18-6-4-5-7-20(18)23-10-12-25-13-11-23/h4-9,14H,10-13,15H2,1-3H3. The van der Waals surface area contributed by atoms with Gasteiger partial charge < -0.3 is 14.5 Å². The van der Waals surface area contributed by atoms with E-state index >= 15 is 0 Å². The molecule has 4 heteroatoms. The van der Waals surface area contributed by atoms with Crippen LogP contribution in [0.2, 0.25) is 0 Å². The number of carbonyl (C=O) groups is 1. The van der Waals surface area contributed by atoms with Gasteiger partial charge in [0.1, 0.15) is 0 Å². The quantitative estimate of drug-likeness (QED) is 0.856. The maximum Gasteiger partial charge on any atom is 0.254 e. The second-order valence-electron chi connectivity index (χ2n) is 6.71. The first-order valence-corrected chi connectivity index (χ1v) is 8.79. The smallest absolute Gasteiger partial charge is 0.254 e. The predicted octanol–water partition coefficient (Wildman–Crippen LogP) is 3.41. The Kier molecular flexibility index (Phi) is 5.39. The molecule has 1 fully saturated rings. The summed E-state index contributed by atoms with van der Waals surface area (Å²) in [5.74, 6) is 0.0676. The molecule has 1 heterocycles. The summed E-state index contributed by atoms with van der Waals surface area (Å²) in [6.45, 7) is 7.90. The zero-order valence-corrected chi connectivity index (χ0v) is 15.3. The Balaban J connectivity index is 1.80. The molecule has 1 aliphatic heterocycles. The molecule has 4 nitrogen and oxygen atoms in total. The van der Waals surface area contributed by atoms with Crippen molar-refractivity contribution in [3.63, 3.8) is 0 Å². The molecular formula is C21H26N2O2. The number of anilines is 1. The van der Waals surface area contributed by atoms with Crippen LogP contribution in [-0.2, 0) is 11.3 Å². The minimum absolute atomic E-state index is 0.0676. The van der Waals surface area contributed by atoms with Crippen LogP contribution < -0.4 is 4.90 Å². The predicted molar refractivity (Wildman–Crippen MR) is 101 cm³/mol. The lowest BCUT2D eigenvalue weighted by molar-refractivity contribution is 0.0784. The van der Waals surface area contributed by atoms with Crippen LogP contribution in [-0.4, -0.2) is 44.2 Å². The van der Waals surface area contributed by atoms with E-state index in [2.05, 4.69) is 23.1 Å². The summed E-state index contributed by atoms with van der Waals surface area (Å²) in [4.78, 5) is 17.1. The van der Waals surface area contributed by atoms with E-state index in [9.17, 15) is 4.79 Å². The number of rotatable bonds is 4. The van der Waals surface area contributed by atoms with Crippen molar-refractivity contribution in [1.82, 2.24) is 4.90 Å². The zero-order chi connectivity index (χ0) is 17.8. The number of benzene rings is 2. The molecule has 0 bridgehead atoms. The van der Waals surface area contributed by atoms with Crippen LogP contribution in [0.15, 0.2) is 42.5 Å². The van der Waals surface area contributed by atoms with Gasteiger partial charge in [0.05, 0.1) is 13.2 Å². The molecule has 0 saturated carbocycles. The minimum atomic E-state index is 0.0676. The monoisotopic (exact) mass is 338 g/mol. The van der Waals surface area contributed by atoms with Crippen molar-refractivity contribution in [2.24, 2.45) is 0 Å². The molecule has 0 atom stereocenters. The summed E-state index contributed by atoms with van der Waals surface area (Å²) in [5, 5.41) is 0. The largest absolute Gasteiger partial charge is 0.378 e. The Labute approximate surface area is 150 Å². The number of ether oxygens (including phenoxy) is 1. The average molecular weight is 338 g/mol. The Hall–Kier alpha value is -2.33. The average Bonchev–Trinajstić information content (AvgIpc) is 2.64. The van der Waals surface area contributed by atoms with Crippen LogP contribution >= 0.6 is 0 Å². The molecule has 25 heavy (non-hydrogen) atoms. The molecular weight excluding hydrogens is 312 g/mol. The van der Waals surface area contributed by atoms with Gasteiger partial charge in [-0.15, -0.1) is 0 Å². The van der Waals surface area contributed by atoms with Gasteiger partial charge in [0.25, 0.3) is 5.91 Å². The van der Waals surface area contributed by atoms with Gasteiger partial charge in [-0.2, -0.15) is 0 Å². The van der Waals surface area contributed by atoms with E-state index in [1.165, 1.54) is 11.3 Å². The van der Waals surface area contributed by atoms with Crippen LogP contribution in [0.1, 0.15) is 27.0 Å². The molecule has 0 aliphatic carbocycles. The highest BCUT2D eigenvalue weighted by Gasteiger charge is 2.18. The summed E-state index contributed by atoms with van der Waals surface area (Å²) >= 11 is 0. The van der Waals surface area contributed by atoms with Crippen molar-refractivity contribution in [2.45, 2.75) is 20.4 Å². The number of hydrogen-bond donors (Lipinski definition) is 0. The number of carbonyl (C=O) groups excluding carboxylic acids is 1. The van der Waals surface area contributed by atoms with E-state index in [1.807, 2.05) is 45.2 Å². The van der Waals surface area contributed by atoms with Gasteiger partial charge >= 0.3 is 0 Å². The van der Waals surface area contributed by atoms with E-state index < -0.39 is 0 Å². The Bertz CT molecular complexity index is 751. The summed E-state index contributed by atoms with van der Waals surface area (Å²) < 4.78 is 5.46. The number of para-hydroxylation sites is 1. The third kappa shape index (κ3) is 4.02. The third-order valence-electron chi connectivity index (χ3n) is 4.72. The van der Waals surface area contributed by atoms with Gasteiger partial charge in [0.2, 0.25) is 0 Å². The molecule has 3 rings (SSSR count). The Morgan fingerprint density at radius 2 is 1.84 bits per heavy atom. The van der Waals surface area contributed by atoms with E-state index in [1.54, 1.807) is 4.90 Å². The fraction of sp³-hybridized carbons (Fsp3) is 0.381. The summed E-state index contributed by atoms with van der Waals surface area (Å²) in [6.07, 6.45) is 0. The van der Waals surface area contributed by atoms with Crippen molar-refractivity contribution < 1.29 is 9.53 Å². The molecule has 2 aromatic carbocycles. The molecule has 1 amide bonds. The van der Waals surface area contributed by atoms with Crippen LogP contribution in [0.4, 0.5) is 5.69 Å². The van der Waals surface area contributed by atoms with Crippen LogP contribution in [0.5, 0.6) is 0 Å². The van der Waals surface area contributed by atoms with E-state index in [-0.39, 0.29) is 5.91 Å². The van der Waals surface area contributed by atoms with E-state index in [0.717, 1.165) is 43.0 Å². The van der Waals surface area contributed by atoms with Crippen molar-refractivity contribution in [3.8, 4) is 0 Å². The Morgan fingerprint density at radius 3 is 2.60 bits per heavy atom. The SMILES string of the molecule is Cc1ccc(C)c(C(=O)N(C)Cc2ccccc2N2CCOCC2)c1. The highest BCUT2D eigenvalue weighted by molar-refractivity contribution is 5.95. The number of morpholine rings is 1. The van der Waals surface area contributed by atoms with Gasteiger partial charge in [-0.1, -0.05) is 35.9 Å². The molecule has 132 valence electrons. The lowest BCUT2D eigenvalue weighted by Crippen LogP contribution is -2.37. The molecule has 0 unspecified atom stereocenters. The zero-order valence-electron chi connectivity index (χ0n) is 15.3. The molecule has 1 aliphatic rings. The fourth-order valence-electron chi connectivity index (χ4n) is 3.26. The van der Waals surface area contributed by atoms with Crippen molar-refractivity contribution in [2.75, 3.05) is 38.3 Å². The minimum Gasteiger partial charge on any atom is -0.378 e. The van der Waals surface area contributed by atoms with E-state index in [4.69, 9.17) is 4.74 Å². The number of amides is 1. The molecule has 0 aromatic heterocycles. The van der Waals surface area contributed by atoms with E-state index in [0.29, 0.717) is 6.54 Å². The second kappa shape index (κ2) is 7.70. The fourth-order valence-corrected chi connectivity index (χ4v) is 3.26. The number of hydrogen-bond acceptors (Lipinski definition) is 3. The van der Waals surface area contributed by atoms with Gasteiger partial charge in [0.15, 0.2) is 0 Å². The second-order valence-corrected chi connectivity index (χ2v) is 6.71. The lowest BCUT2D eigenvalue weighted by Gasteiger charge is -2.31. The highest BCUT2D eigenvalue weighted by atomic mass is 16.5. The van der Waals surface area contributed by atoms with Crippen molar-refractivity contribution in [3.05, 3.63) is 64.7 Å². The Morgan fingerprint density at radius 1 is 1.12 bits per heavy atom. The van der Waals surface area contributed by atoms with Crippen molar-refractivity contribution in [1.29, 1.82) is 0 Å². The van der Waals surface area contributed by atoms with Crippen LogP contribution in [0.25, 0.3) is 0 Å². The summed E-state index contributed by atoms with van der Waals surface area (Å²) in [5.41, 5.74) is 5.28. The summed E-state index contributed by atoms with van der Waals surface area (Å²) in [7, 11) is 1.88. The van der Waals surface area contributed by atoms with Crippen LogP contribution in [0.3, 0.4) is 0 Å². The lowest BCUT2D eigenvalue weighted by atomic mass is 10.0. The highest BCUT2D eigenvalue weighted by Crippen LogP contribution is 2.23. The van der Waals surface area contributed by atoms with Gasteiger partial charge in [-0.25, -0.2) is 0 Å².